The lowest BCUT2D eigenvalue weighted by atomic mass is 10.2. The van der Waals surface area contributed by atoms with E-state index in [2.05, 4.69) is 26.6 Å². The van der Waals surface area contributed by atoms with Crippen LogP contribution in [0.25, 0.3) is 0 Å². The van der Waals surface area contributed by atoms with Crippen molar-refractivity contribution in [1.82, 2.24) is 10.6 Å². The number of amides is 3. The maximum atomic E-state index is 13.4. The monoisotopic (exact) mass is 433 g/mol. The molecular formula is C15H11BrF3N3O4. The lowest BCUT2D eigenvalue weighted by Crippen LogP contribution is -2.40. The summed E-state index contributed by atoms with van der Waals surface area (Å²) in [4.78, 5) is 34.8. The van der Waals surface area contributed by atoms with E-state index in [-0.39, 0.29) is 5.76 Å². The summed E-state index contributed by atoms with van der Waals surface area (Å²) in [5, 5.41) is 6.41. The minimum Gasteiger partial charge on any atom is -0.444 e. The summed E-state index contributed by atoms with van der Waals surface area (Å²) in [5.74, 6) is -6.90. The molecule has 0 aliphatic rings. The third kappa shape index (κ3) is 5.09. The molecule has 0 radical (unpaired) electrons. The summed E-state index contributed by atoms with van der Waals surface area (Å²) in [6.07, 6.45) is 0. The molecule has 1 aromatic carbocycles. The number of rotatable bonds is 6. The summed E-state index contributed by atoms with van der Waals surface area (Å²) in [6.45, 7) is -1.01. The number of carbonyl (C=O) groups excluding carboxylic acids is 3. The number of halogens is 4. The second-order valence-corrected chi connectivity index (χ2v) is 5.62. The summed E-state index contributed by atoms with van der Waals surface area (Å²) in [5.41, 5.74) is -0.570. The van der Waals surface area contributed by atoms with E-state index < -0.39 is 54.0 Å². The maximum Gasteiger partial charge on any atom is 0.287 e. The predicted octanol–water partition coefficient (Wildman–Crippen LogP) is 1.94. The van der Waals surface area contributed by atoms with Crippen LogP contribution in [0, 0.1) is 17.5 Å². The highest BCUT2D eigenvalue weighted by Gasteiger charge is 2.16. The van der Waals surface area contributed by atoms with Gasteiger partial charge in [-0.3, -0.25) is 14.4 Å². The molecule has 2 aromatic rings. The van der Waals surface area contributed by atoms with Gasteiger partial charge in [0.2, 0.25) is 11.8 Å². The van der Waals surface area contributed by atoms with E-state index in [1.807, 2.05) is 5.32 Å². The highest BCUT2D eigenvalue weighted by Crippen LogP contribution is 2.19. The molecule has 11 heteroatoms. The molecule has 0 spiro atoms. The maximum absolute atomic E-state index is 13.4. The van der Waals surface area contributed by atoms with Crippen molar-refractivity contribution in [1.29, 1.82) is 0 Å². The molecule has 0 saturated carbocycles. The summed E-state index contributed by atoms with van der Waals surface area (Å²) >= 11 is 3.02. The van der Waals surface area contributed by atoms with Crippen molar-refractivity contribution in [3.63, 3.8) is 0 Å². The van der Waals surface area contributed by atoms with Gasteiger partial charge < -0.3 is 20.4 Å². The van der Waals surface area contributed by atoms with Gasteiger partial charge in [-0.2, -0.15) is 0 Å². The molecule has 0 aliphatic carbocycles. The molecule has 0 saturated heterocycles. The number of anilines is 1. The predicted molar refractivity (Wildman–Crippen MR) is 86.7 cm³/mol. The molecule has 26 heavy (non-hydrogen) atoms. The Hall–Kier alpha value is -2.82. The van der Waals surface area contributed by atoms with Crippen LogP contribution in [0.4, 0.5) is 18.9 Å². The van der Waals surface area contributed by atoms with Crippen LogP contribution in [0.1, 0.15) is 10.6 Å². The number of hydrogen-bond donors (Lipinski definition) is 3. The van der Waals surface area contributed by atoms with Gasteiger partial charge in [-0.25, -0.2) is 13.2 Å². The number of hydrogen-bond acceptors (Lipinski definition) is 4. The Balaban J connectivity index is 1.77. The Morgan fingerprint density at radius 2 is 1.62 bits per heavy atom. The standard InChI is InChI=1S/C15H11BrF3N3O4/c16-10-4-3-9(26-10)15(25)21-5-11(23)20-6-12(24)22-8-2-1-7(17)13(18)14(8)19/h1-4H,5-6H2,(H,20,23)(H,21,25)(H,22,24). The van der Waals surface area contributed by atoms with Crippen molar-refractivity contribution in [2.24, 2.45) is 0 Å². The average Bonchev–Trinajstić information content (AvgIpc) is 3.05. The number of carbonyl (C=O) groups is 3. The molecule has 0 aliphatic heterocycles. The molecule has 3 N–H and O–H groups in total. The highest BCUT2D eigenvalue weighted by atomic mass is 79.9. The van der Waals surface area contributed by atoms with E-state index in [0.29, 0.717) is 10.7 Å². The van der Waals surface area contributed by atoms with E-state index in [1.165, 1.54) is 12.1 Å². The molecule has 1 aromatic heterocycles. The lowest BCUT2D eigenvalue weighted by molar-refractivity contribution is -0.123. The van der Waals surface area contributed by atoms with E-state index in [9.17, 15) is 27.6 Å². The zero-order valence-electron chi connectivity index (χ0n) is 12.9. The van der Waals surface area contributed by atoms with Crippen LogP contribution in [-0.2, 0) is 9.59 Å². The first kappa shape index (κ1) is 19.5. The smallest absolute Gasteiger partial charge is 0.287 e. The fourth-order valence-electron chi connectivity index (χ4n) is 1.74. The normalized spacial score (nSPS) is 10.3. The number of benzene rings is 1. The van der Waals surface area contributed by atoms with Crippen LogP contribution < -0.4 is 16.0 Å². The van der Waals surface area contributed by atoms with Crippen molar-refractivity contribution in [3.05, 3.63) is 52.1 Å². The molecule has 0 bridgehead atoms. The Kier molecular flexibility index (Phi) is 6.39. The highest BCUT2D eigenvalue weighted by molar-refractivity contribution is 9.10. The second-order valence-electron chi connectivity index (χ2n) is 4.83. The Bertz CT molecular complexity index is 857. The van der Waals surface area contributed by atoms with Gasteiger partial charge in [0, 0.05) is 0 Å². The first-order valence-electron chi connectivity index (χ1n) is 7.01. The van der Waals surface area contributed by atoms with Crippen LogP contribution in [0.3, 0.4) is 0 Å². The Morgan fingerprint density at radius 1 is 0.923 bits per heavy atom. The van der Waals surface area contributed by atoms with E-state index in [0.717, 1.165) is 6.07 Å². The lowest BCUT2D eigenvalue weighted by Gasteiger charge is -2.09. The number of nitrogens with one attached hydrogen (secondary N) is 3. The Labute approximate surface area is 153 Å². The fraction of sp³-hybridized carbons (Fsp3) is 0.133. The van der Waals surface area contributed by atoms with Crippen molar-refractivity contribution in [3.8, 4) is 0 Å². The molecule has 138 valence electrons. The molecule has 0 atom stereocenters. The second kappa shape index (κ2) is 8.52. The SMILES string of the molecule is O=C(CNC(=O)c1ccc(Br)o1)NCC(=O)Nc1ccc(F)c(F)c1F. The van der Waals surface area contributed by atoms with Gasteiger partial charge in [-0.15, -0.1) is 0 Å². The van der Waals surface area contributed by atoms with Gasteiger partial charge in [-0.1, -0.05) is 0 Å². The van der Waals surface area contributed by atoms with Crippen LogP contribution in [0.15, 0.2) is 33.4 Å². The summed E-state index contributed by atoms with van der Waals surface area (Å²) in [6, 6.07) is 4.38. The quantitative estimate of drug-likeness (QED) is 0.606. The summed E-state index contributed by atoms with van der Waals surface area (Å²) in [7, 11) is 0. The van der Waals surface area contributed by atoms with Crippen molar-refractivity contribution >= 4 is 39.3 Å². The van der Waals surface area contributed by atoms with E-state index in [1.54, 1.807) is 0 Å². The zero-order chi connectivity index (χ0) is 19.3. The first-order valence-corrected chi connectivity index (χ1v) is 7.81. The molecule has 0 unspecified atom stereocenters. The number of furan rings is 1. The minimum absolute atomic E-state index is 0.0174. The first-order chi connectivity index (χ1) is 12.3. The van der Waals surface area contributed by atoms with Gasteiger partial charge in [0.1, 0.15) is 0 Å². The summed E-state index contributed by atoms with van der Waals surface area (Å²) < 4.78 is 44.6. The van der Waals surface area contributed by atoms with E-state index >= 15 is 0 Å². The topological polar surface area (TPSA) is 100 Å². The van der Waals surface area contributed by atoms with Crippen molar-refractivity contribution < 1.29 is 32.0 Å². The third-order valence-electron chi connectivity index (χ3n) is 2.96. The van der Waals surface area contributed by atoms with E-state index in [4.69, 9.17) is 4.42 Å². The molecule has 0 fully saturated rings. The molecular weight excluding hydrogens is 423 g/mol. The molecule has 3 amide bonds. The third-order valence-corrected chi connectivity index (χ3v) is 3.39. The molecule has 1 heterocycles. The average molecular weight is 434 g/mol. The fourth-order valence-corrected chi connectivity index (χ4v) is 2.05. The molecule has 2 rings (SSSR count). The Morgan fingerprint density at radius 3 is 2.27 bits per heavy atom. The van der Waals surface area contributed by atoms with Crippen molar-refractivity contribution in [2.75, 3.05) is 18.4 Å². The van der Waals surface area contributed by atoms with Gasteiger partial charge in [0.05, 0.1) is 18.8 Å². The van der Waals surface area contributed by atoms with Crippen LogP contribution in [0.5, 0.6) is 0 Å². The van der Waals surface area contributed by atoms with Crippen LogP contribution in [-0.4, -0.2) is 30.8 Å². The van der Waals surface area contributed by atoms with Crippen molar-refractivity contribution in [2.45, 2.75) is 0 Å². The van der Waals surface area contributed by atoms with Crippen LogP contribution in [0.2, 0.25) is 0 Å². The van der Waals surface area contributed by atoms with Gasteiger partial charge in [0.15, 0.2) is 27.9 Å². The minimum atomic E-state index is -1.72. The van der Waals surface area contributed by atoms with Crippen LogP contribution >= 0.6 is 15.9 Å². The zero-order valence-corrected chi connectivity index (χ0v) is 14.5. The molecule has 7 nitrogen and oxygen atoms in total. The van der Waals surface area contributed by atoms with Gasteiger partial charge in [-0.05, 0) is 40.2 Å². The largest absolute Gasteiger partial charge is 0.444 e. The van der Waals surface area contributed by atoms with Gasteiger partial charge in [0.25, 0.3) is 5.91 Å². The van der Waals surface area contributed by atoms with Gasteiger partial charge >= 0.3 is 0 Å².